The summed E-state index contributed by atoms with van der Waals surface area (Å²) >= 11 is 0. The molecule has 8 nitrogen and oxygen atoms in total. The highest BCUT2D eigenvalue weighted by molar-refractivity contribution is 7.89. The van der Waals surface area contributed by atoms with E-state index in [2.05, 4.69) is 9.80 Å². The quantitative estimate of drug-likeness (QED) is 0.495. The molecule has 37 heavy (non-hydrogen) atoms. The first-order chi connectivity index (χ1) is 17.6. The lowest BCUT2D eigenvalue weighted by Crippen LogP contribution is -2.49. The molecular formula is C25H28F3N5O3S. The topological polar surface area (TPSA) is 78.9 Å². The van der Waals surface area contributed by atoms with Gasteiger partial charge in [0.15, 0.2) is 0 Å². The Morgan fingerprint density at radius 2 is 1.54 bits per heavy atom. The van der Waals surface area contributed by atoms with Gasteiger partial charge in [0.25, 0.3) is 0 Å². The van der Waals surface area contributed by atoms with Gasteiger partial charge in [-0.15, -0.1) is 0 Å². The third kappa shape index (κ3) is 5.28. The summed E-state index contributed by atoms with van der Waals surface area (Å²) in [4.78, 5) is 13.9. The Bertz CT molecular complexity index is 1350. The van der Waals surface area contributed by atoms with E-state index in [0.29, 0.717) is 32.1 Å². The van der Waals surface area contributed by atoms with Crippen molar-refractivity contribution in [3.05, 3.63) is 59.9 Å². The molecular weight excluding hydrogens is 507 g/mol. The first-order valence-electron chi connectivity index (χ1n) is 12.2. The molecule has 198 valence electrons. The summed E-state index contributed by atoms with van der Waals surface area (Å²) in [5, 5.41) is 0.979. The Labute approximate surface area is 213 Å². The molecule has 12 heteroatoms. The highest BCUT2D eigenvalue weighted by atomic mass is 32.2. The molecule has 5 rings (SSSR count). The molecule has 2 aliphatic rings. The number of morpholine rings is 1. The Kier molecular flexibility index (Phi) is 7.10. The van der Waals surface area contributed by atoms with E-state index in [-0.39, 0.29) is 24.0 Å². The molecule has 1 aromatic heterocycles. The molecule has 0 amide bonds. The fraction of sp³-hybridized carbons (Fsp3) is 0.440. The largest absolute Gasteiger partial charge is 0.416 e. The van der Waals surface area contributed by atoms with Crippen LogP contribution >= 0.6 is 0 Å². The van der Waals surface area contributed by atoms with Crippen LogP contribution in [0.1, 0.15) is 24.4 Å². The minimum Gasteiger partial charge on any atom is -0.378 e. The van der Waals surface area contributed by atoms with E-state index < -0.39 is 21.8 Å². The summed E-state index contributed by atoms with van der Waals surface area (Å²) in [6, 6.07) is 11.4. The van der Waals surface area contributed by atoms with Crippen molar-refractivity contribution >= 4 is 26.7 Å². The highest BCUT2D eigenvalue weighted by Gasteiger charge is 2.34. The average Bonchev–Trinajstić information content (AvgIpc) is 2.92. The number of ether oxygens (including phenoxy) is 1. The van der Waals surface area contributed by atoms with Crippen molar-refractivity contribution in [3.8, 4) is 0 Å². The predicted molar refractivity (Wildman–Crippen MR) is 133 cm³/mol. The molecule has 0 radical (unpaired) electrons. The van der Waals surface area contributed by atoms with Gasteiger partial charge in [-0.2, -0.15) is 17.5 Å². The molecule has 1 unspecified atom stereocenters. The van der Waals surface area contributed by atoms with E-state index in [1.54, 1.807) is 0 Å². The zero-order chi connectivity index (χ0) is 26.2. The van der Waals surface area contributed by atoms with Crippen LogP contribution in [-0.2, 0) is 20.9 Å². The zero-order valence-corrected chi connectivity index (χ0v) is 21.2. The maximum atomic E-state index is 13.0. The van der Waals surface area contributed by atoms with Gasteiger partial charge in [-0.1, -0.05) is 12.1 Å². The van der Waals surface area contributed by atoms with Gasteiger partial charge in [0.1, 0.15) is 11.6 Å². The Morgan fingerprint density at radius 1 is 0.892 bits per heavy atom. The maximum Gasteiger partial charge on any atom is 0.416 e. The third-order valence-electron chi connectivity index (χ3n) is 6.93. The summed E-state index contributed by atoms with van der Waals surface area (Å²) < 4.78 is 71.5. The van der Waals surface area contributed by atoms with E-state index in [9.17, 15) is 21.6 Å². The van der Waals surface area contributed by atoms with Gasteiger partial charge in [-0.3, -0.25) is 4.90 Å². The van der Waals surface area contributed by atoms with Crippen molar-refractivity contribution in [2.45, 2.75) is 24.0 Å². The number of hydrogen-bond acceptors (Lipinski definition) is 7. The lowest BCUT2D eigenvalue weighted by atomic mass is 10.1. The van der Waals surface area contributed by atoms with Crippen LogP contribution in [0, 0.1) is 0 Å². The fourth-order valence-corrected chi connectivity index (χ4v) is 6.16. The first kappa shape index (κ1) is 25.8. The highest BCUT2D eigenvalue weighted by Crippen LogP contribution is 2.31. The van der Waals surface area contributed by atoms with Crippen LogP contribution in [0.4, 0.5) is 19.0 Å². The van der Waals surface area contributed by atoms with E-state index in [0.717, 1.165) is 54.1 Å². The summed E-state index contributed by atoms with van der Waals surface area (Å²) in [6.07, 6.45) is -4.52. The maximum absolute atomic E-state index is 13.0. The minimum atomic E-state index is -4.52. The number of aromatic nitrogens is 2. The number of alkyl halides is 3. The normalized spacial score (nSPS) is 19.3. The second-order valence-corrected chi connectivity index (χ2v) is 11.1. The van der Waals surface area contributed by atoms with Crippen LogP contribution in [0.15, 0.2) is 53.4 Å². The molecule has 3 heterocycles. The van der Waals surface area contributed by atoms with Gasteiger partial charge in [0.2, 0.25) is 10.0 Å². The van der Waals surface area contributed by atoms with Crippen molar-refractivity contribution in [1.82, 2.24) is 19.2 Å². The van der Waals surface area contributed by atoms with Gasteiger partial charge in [-0.25, -0.2) is 18.4 Å². The van der Waals surface area contributed by atoms with E-state index in [1.807, 2.05) is 31.2 Å². The summed E-state index contributed by atoms with van der Waals surface area (Å²) in [5.41, 5.74) is -0.0266. The smallest absolute Gasteiger partial charge is 0.378 e. The lowest BCUT2D eigenvalue weighted by molar-refractivity contribution is -0.137. The number of sulfonamides is 1. The first-order valence-corrected chi connectivity index (χ1v) is 13.6. The molecule has 2 aliphatic heterocycles. The number of halogens is 3. The predicted octanol–water partition coefficient (Wildman–Crippen LogP) is 3.55. The van der Waals surface area contributed by atoms with Gasteiger partial charge < -0.3 is 9.64 Å². The van der Waals surface area contributed by atoms with Crippen molar-refractivity contribution in [1.29, 1.82) is 0 Å². The molecule has 2 fully saturated rings. The van der Waals surface area contributed by atoms with Crippen molar-refractivity contribution in [2.75, 3.05) is 57.4 Å². The van der Waals surface area contributed by atoms with Crippen LogP contribution in [-0.4, -0.2) is 80.1 Å². The standard InChI is InChI=1S/C25H28F3N5O3S/c1-18(23-29-22-5-3-2-4-21(22)24(30-23)32-14-16-36-17-15-32)31-10-12-33(13-11-31)37(34,35)20-8-6-19(7-9-20)25(26,27)28/h2-9,18H,10-17H2,1H3. The molecule has 2 aromatic carbocycles. The Morgan fingerprint density at radius 3 is 2.19 bits per heavy atom. The van der Waals surface area contributed by atoms with Crippen LogP contribution in [0.5, 0.6) is 0 Å². The number of fused-ring (bicyclic) bond motifs is 1. The molecule has 0 spiro atoms. The molecule has 0 aliphatic carbocycles. The molecule has 1 atom stereocenters. The van der Waals surface area contributed by atoms with E-state index in [4.69, 9.17) is 14.7 Å². The fourth-order valence-electron chi connectivity index (χ4n) is 4.74. The summed E-state index contributed by atoms with van der Waals surface area (Å²) in [7, 11) is -3.90. The number of piperazine rings is 1. The minimum absolute atomic E-state index is 0.144. The van der Waals surface area contributed by atoms with E-state index >= 15 is 0 Å². The van der Waals surface area contributed by atoms with E-state index in [1.165, 1.54) is 4.31 Å². The molecule has 0 saturated carbocycles. The van der Waals surface area contributed by atoms with Crippen molar-refractivity contribution in [2.24, 2.45) is 0 Å². The number of nitrogens with zero attached hydrogens (tertiary/aromatic N) is 5. The van der Waals surface area contributed by atoms with Crippen LogP contribution < -0.4 is 4.90 Å². The van der Waals surface area contributed by atoms with Crippen molar-refractivity contribution in [3.63, 3.8) is 0 Å². The summed E-state index contributed by atoms with van der Waals surface area (Å²) in [6.45, 7) is 6.11. The Balaban J connectivity index is 1.32. The van der Waals surface area contributed by atoms with Gasteiger partial charge in [0.05, 0.1) is 35.2 Å². The van der Waals surface area contributed by atoms with Crippen molar-refractivity contribution < 1.29 is 26.3 Å². The number of hydrogen-bond donors (Lipinski definition) is 0. The van der Waals surface area contributed by atoms with Crippen LogP contribution in [0.2, 0.25) is 0 Å². The second-order valence-electron chi connectivity index (χ2n) is 9.16. The van der Waals surface area contributed by atoms with Gasteiger partial charge in [0, 0.05) is 44.7 Å². The van der Waals surface area contributed by atoms with Gasteiger partial charge >= 0.3 is 6.18 Å². The summed E-state index contributed by atoms with van der Waals surface area (Å²) in [5.74, 6) is 1.54. The molecule has 0 bridgehead atoms. The monoisotopic (exact) mass is 535 g/mol. The Hall–Kier alpha value is -2.80. The molecule has 2 saturated heterocycles. The lowest BCUT2D eigenvalue weighted by Gasteiger charge is -2.37. The number of rotatable bonds is 5. The van der Waals surface area contributed by atoms with Crippen LogP contribution in [0.25, 0.3) is 10.9 Å². The van der Waals surface area contributed by atoms with Gasteiger partial charge in [-0.05, 0) is 43.3 Å². The number of benzene rings is 2. The van der Waals surface area contributed by atoms with Crippen LogP contribution in [0.3, 0.4) is 0 Å². The second kappa shape index (κ2) is 10.2. The number of para-hydroxylation sites is 1. The SMILES string of the molecule is CC(c1nc(N2CCOCC2)c2ccccc2n1)N1CCN(S(=O)(=O)c2ccc(C(F)(F)F)cc2)CC1. The zero-order valence-electron chi connectivity index (χ0n) is 20.4. The third-order valence-corrected chi connectivity index (χ3v) is 8.84. The molecule has 0 N–H and O–H groups in total. The number of anilines is 1. The average molecular weight is 536 g/mol. The molecule has 3 aromatic rings.